The van der Waals surface area contributed by atoms with Gasteiger partial charge in [-0.2, -0.15) is 0 Å². The molecule has 0 radical (unpaired) electrons. The number of ether oxygens (including phenoxy) is 2. The van der Waals surface area contributed by atoms with Crippen LogP contribution in [0, 0.1) is 0 Å². The molecule has 0 aliphatic carbocycles. The number of likely N-dealkylation sites (tertiary alicyclic amines) is 1. The van der Waals surface area contributed by atoms with Crippen LogP contribution in [0.1, 0.15) is 55.6 Å². The first-order chi connectivity index (χ1) is 15.7. The number of carbonyl (C=O) groups excluding carboxylic acids is 1. The van der Waals surface area contributed by atoms with Crippen LogP contribution in [-0.4, -0.2) is 52.1 Å². The molecule has 1 aromatic carbocycles. The van der Waals surface area contributed by atoms with Gasteiger partial charge in [0.2, 0.25) is 5.91 Å². The highest BCUT2D eigenvalue weighted by Gasteiger charge is 2.31. The van der Waals surface area contributed by atoms with Crippen molar-refractivity contribution in [3.8, 4) is 5.75 Å². The van der Waals surface area contributed by atoms with Crippen molar-refractivity contribution < 1.29 is 14.3 Å². The lowest BCUT2D eigenvalue weighted by molar-refractivity contribution is -0.132. The lowest BCUT2D eigenvalue weighted by Gasteiger charge is -2.34. The Morgan fingerprint density at radius 1 is 1.16 bits per heavy atom. The van der Waals surface area contributed by atoms with Crippen LogP contribution in [-0.2, 0) is 16.0 Å². The quantitative estimate of drug-likeness (QED) is 0.585. The molecule has 168 valence electrons. The van der Waals surface area contributed by atoms with E-state index in [4.69, 9.17) is 14.5 Å². The minimum atomic E-state index is 0.0460. The molecule has 0 spiro atoms. The van der Waals surface area contributed by atoms with Gasteiger partial charge in [-0.15, -0.1) is 0 Å². The molecule has 3 aromatic rings. The van der Waals surface area contributed by atoms with Crippen LogP contribution in [0.25, 0.3) is 11.2 Å². The second-order valence-electron chi connectivity index (χ2n) is 8.61. The van der Waals surface area contributed by atoms with E-state index in [1.54, 1.807) is 7.11 Å². The van der Waals surface area contributed by atoms with Crippen LogP contribution in [0.4, 0.5) is 0 Å². The number of para-hydroxylation sites is 1. The predicted molar refractivity (Wildman–Crippen MR) is 122 cm³/mol. The van der Waals surface area contributed by atoms with Gasteiger partial charge in [0.1, 0.15) is 23.2 Å². The summed E-state index contributed by atoms with van der Waals surface area (Å²) in [5.41, 5.74) is 2.93. The molecule has 1 amide bonds. The first-order valence-electron chi connectivity index (χ1n) is 11.6. The summed E-state index contributed by atoms with van der Waals surface area (Å²) >= 11 is 0. The maximum atomic E-state index is 12.9. The van der Waals surface area contributed by atoms with Gasteiger partial charge in [-0.25, -0.2) is 9.97 Å². The van der Waals surface area contributed by atoms with Crippen molar-refractivity contribution in [2.45, 2.75) is 50.7 Å². The third-order valence-electron chi connectivity index (χ3n) is 6.68. The maximum Gasteiger partial charge on any atom is 0.222 e. The van der Waals surface area contributed by atoms with Crippen molar-refractivity contribution >= 4 is 17.1 Å². The number of carbonyl (C=O) groups is 1. The summed E-state index contributed by atoms with van der Waals surface area (Å²) < 4.78 is 13.7. The highest BCUT2D eigenvalue weighted by atomic mass is 16.5. The number of aromatic nitrogens is 3. The Labute approximate surface area is 188 Å². The van der Waals surface area contributed by atoms with Gasteiger partial charge in [0.25, 0.3) is 0 Å². The second kappa shape index (κ2) is 9.28. The maximum absolute atomic E-state index is 12.9. The molecule has 0 saturated carbocycles. The minimum Gasteiger partial charge on any atom is -0.496 e. The van der Waals surface area contributed by atoms with Crippen LogP contribution in [0.15, 0.2) is 42.6 Å². The summed E-state index contributed by atoms with van der Waals surface area (Å²) in [5.74, 6) is 2.06. The average Bonchev–Trinajstić information content (AvgIpc) is 3.51. The highest BCUT2D eigenvalue weighted by molar-refractivity contribution is 5.76. The van der Waals surface area contributed by atoms with Crippen LogP contribution in [0.3, 0.4) is 0 Å². The number of methoxy groups -OCH3 is 1. The van der Waals surface area contributed by atoms with Gasteiger partial charge >= 0.3 is 0 Å². The number of amides is 1. The predicted octanol–water partition coefficient (Wildman–Crippen LogP) is 4.09. The molecule has 32 heavy (non-hydrogen) atoms. The van der Waals surface area contributed by atoms with E-state index >= 15 is 0 Å². The lowest BCUT2D eigenvalue weighted by atomic mass is 10.0. The number of hydrogen-bond acceptors (Lipinski definition) is 5. The Bertz CT molecular complexity index is 1080. The zero-order chi connectivity index (χ0) is 21.9. The summed E-state index contributed by atoms with van der Waals surface area (Å²) in [6, 6.07) is 12.2. The van der Waals surface area contributed by atoms with Gasteiger partial charge < -0.3 is 18.9 Å². The smallest absolute Gasteiger partial charge is 0.222 e. The molecule has 2 fully saturated rings. The number of rotatable bonds is 6. The zero-order valence-electron chi connectivity index (χ0n) is 18.6. The number of piperidine rings is 1. The van der Waals surface area contributed by atoms with Gasteiger partial charge in [-0.1, -0.05) is 18.2 Å². The Balaban J connectivity index is 1.26. The third-order valence-corrected chi connectivity index (χ3v) is 6.68. The molecular formula is C25H30N4O3. The minimum absolute atomic E-state index is 0.0460. The number of imidazole rings is 1. The summed E-state index contributed by atoms with van der Waals surface area (Å²) in [4.78, 5) is 24.4. The van der Waals surface area contributed by atoms with Crippen molar-refractivity contribution in [3.05, 3.63) is 54.0 Å². The fourth-order valence-electron chi connectivity index (χ4n) is 5.00. The Morgan fingerprint density at radius 2 is 2.00 bits per heavy atom. The standard InChI is InChI=1S/C25H30N4O3/c1-31-21-8-3-2-6-18(21)10-11-23(30)28-15-12-19(13-16-28)29-24-20(7-4-14-26-24)27-25(29)22-9-5-17-32-22/h2-4,6-8,14,19,22H,5,9-13,15-17H2,1H3/t22-/m0/s1. The van der Waals surface area contributed by atoms with Crippen molar-refractivity contribution in [3.63, 3.8) is 0 Å². The number of benzene rings is 1. The molecule has 4 heterocycles. The van der Waals surface area contributed by atoms with E-state index in [-0.39, 0.29) is 18.1 Å². The van der Waals surface area contributed by atoms with Gasteiger partial charge in [0.15, 0.2) is 5.65 Å². The van der Waals surface area contributed by atoms with Gasteiger partial charge in [0.05, 0.1) is 7.11 Å². The molecule has 2 aliphatic rings. The Kier molecular flexibility index (Phi) is 6.08. The second-order valence-corrected chi connectivity index (χ2v) is 8.61. The molecule has 0 bridgehead atoms. The first kappa shape index (κ1) is 20.9. The topological polar surface area (TPSA) is 69.5 Å². The molecule has 1 atom stereocenters. The molecule has 7 nitrogen and oxygen atoms in total. The zero-order valence-corrected chi connectivity index (χ0v) is 18.6. The summed E-state index contributed by atoms with van der Waals surface area (Å²) in [6.07, 6.45) is 6.96. The normalized spacial score (nSPS) is 19.5. The Morgan fingerprint density at radius 3 is 2.78 bits per heavy atom. The fraction of sp³-hybridized carbons (Fsp3) is 0.480. The molecule has 2 aromatic heterocycles. The average molecular weight is 435 g/mol. The SMILES string of the molecule is COc1ccccc1CCC(=O)N1CCC(n2c([C@@H]3CCCO3)nc3cccnc32)CC1. The van der Waals surface area contributed by atoms with E-state index < -0.39 is 0 Å². The molecular weight excluding hydrogens is 404 g/mol. The number of hydrogen-bond donors (Lipinski definition) is 0. The first-order valence-corrected chi connectivity index (χ1v) is 11.6. The van der Waals surface area contributed by atoms with E-state index in [1.807, 2.05) is 47.5 Å². The summed E-state index contributed by atoms with van der Waals surface area (Å²) in [5, 5.41) is 0. The van der Waals surface area contributed by atoms with Gasteiger partial charge in [-0.3, -0.25) is 4.79 Å². The van der Waals surface area contributed by atoms with Gasteiger partial charge in [-0.05, 0) is 55.9 Å². The van der Waals surface area contributed by atoms with E-state index in [2.05, 4.69) is 9.55 Å². The highest BCUT2D eigenvalue weighted by Crippen LogP contribution is 2.35. The van der Waals surface area contributed by atoms with Crippen molar-refractivity contribution in [2.24, 2.45) is 0 Å². The third kappa shape index (κ3) is 4.09. The molecule has 2 aliphatic heterocycles. The van der Waals surface area contributed by atoms with E-state index in [0.717, 1.165) is 73.7 Å². The number of nitrogens with zero attached hydrogens (tertiary/aromatic N) is 4. The van der Waals surface area contributed by atoms with Crippen LogP contribution >= 0.6 is 0 Å². The number of fused-ring (bicyclic) bond motifs is 1. The number of pyridine rings is 1. The largest absolute Gasteiger partial charge is 0.496 e. The number of aryl methyl sites for hydroxylation is 1. The van der Waals surface area contributed by atoms with Crippen molar-refractivity contribution in [1.82, 2.24) is 19.4 Å². The van der Waals surface area contributed by atoms with Gasteiger partial charge in [0, 0.05) is 38.4 Å². The molecule has 0 unspecified atom stereocenters. The van der Waals surface area contributed by atoms with Crippen LogP contribution in [0.5, 0.6) is 5.75 Å². The molecule has 0 N–H and O–H groups in total. The molecule has 7 heteroatoms. The molecule has 2 saturated heterocycles. The van der Waals surface area contributed by atoms with Crippen LogP contribution in [0.2, 0.25) is 0 Å². The summed E-state index contributed by atoms with van der Waals surface area (Å²) in [7, 11) is 1.67. The van der Waals surface area contributed by atoms with Crippen molar-refractivity contribution in [1.29, 1.82) is 0 Å². The van der Waals surface area contributed by atoms with E-state index in [1.165, 1.54) is 0 Å². The fourth-order valence-corrected chi connectivity index (χ4v) is 5.00. The lowest BCUT2D eigenvalue weighted by Crippen LogP contribution is -2.39. The summed E-state index contributed by atoms with van der Waals surface area (Å²) in [6.45, 7) is 2.31. The molecule has 5 rings (SSSR count). The van der Waals surface area contributed by atoms with Crippen molar-refractivity contribution in [2.75, 3.05) is 26.8 Å². The van der Waals surface area contributed by atoms with E-state index in [0.29, 0.717) is 12.8 Å². The Hall–Kier alpha value is -2.93. The van der Waals surface area contributed by atoms with E-state index in [9.17, 15) is 4.79 Å². The monoisotopic (exact) mass is 434 g/mol. The van der Waals surface area contributed by atoms with Crippen LogP contribution < -0.4 is 4.74 Å².